The third kappa shape index (κ3) is 3.59. The number of hydrogen-bond acceptors (Lipinski definition) is 4. The minimum atomic E-state index is 0.00807. The molecule has 1 N–H and O–H groups in total. The number of nitrogens with one attached hydrogen (secondary N) is 1. The second-order valence-electron chi connectivity index (χ2n) is 5.76. The summed E-state index contributed by atoms with van der Waals surface area (Å²) < 4.78 is 1.99. The Morgan fingerprint density at radius 2 is 2.26 bits per heavy atom. The number of carbonyl (C=O) groups is 1. The predicted molar refractivity (Wildman–Crippen MR) is 92.4 cm³/mol. The topological polar surface area (TPSA) is 50.2 Å². The number of benzene rings is 1. The van der Waals surface area contributed by atoms with Crippen molar-refractivity contribution in [2.24, 2.45) is 7.05 Å². The fourth-order valence-electron chi connectivity index (χ4n) is 2.87. The van der Waals surface area contributed by atoms with Gasteiger partial charge in [0.25, 0.3) is 0 Å². The van der Waals surface area contributed by atoms with E-state index in [0.29, 0.717) is 5.75 Å². The van der Waals surface area contributed by atoms with Gasteiger partial charge in [0.1, 0.15) is 11.9 Å². The van der Waals surface area contributed by atoms with Crippen LogP contribution in [0.4, 0.5) is 0 Å². The first-order valence-corrected chi connectivity index (χ1v) is 8.81. The van der Waals surface area contributed by atoms with Gasteiger partial charge < -0.3 is 14.8 Å². The molecule has 3 rings (SSSR count). The molecule has 1 aromatic heterocycles. The van der Waals surface area contributed by atoms with Crippen LogP contribution in [0.15, 0.2) is 41.6 Å². The SMILES string of the molecule is Cc1ccccc1SCC(=O)N1CCNCC1c1nccn1C. The summed E-state index contributed by atoms with van der Waals surface area (Å²) in [6.07, 6.45) is 3.71. The minimum Gasteiger partial charge on any atom is -0.336 e. The van der Waals surface area contributed by atoms with E-state index in [1.54, 1.807) is 18.0 Å². The molecular weight excluding hydrogens is 308 g/mol. The lowest BCUT2D eigenvalue weighted by atomic mass is 10.1. The fourth-order valence-corrected chi connectivity index (χ4v) is 3.79. The molecule has 0 bridgehead atoms. The quantitative estimate of drug-likeness (QED) is 0.871. The van der Waals surface area contributed by atoms with Crippen LogP contribution in [0.1, 0.15) is 17.4 Å². The number of thioether (sulfide) groups is 1. The number of aromatic nitrogens is 2. The molecule has 0 radical (unpaired) electrons. The van der Waals surface area contributed by atoms with Crippen LogP contribution in [-0.2, 0) is 11.8 Å². The van der Waals surface area contributed by atoms with Crippen molar-refractivity contribution in [2.45, 2.75) is 17.9 Å². The van der Waals surface area contributed by atoms with Gasteiger partial charge in [-0.2, -0.15) is 0 Å². The average Bonchev–Trinajstić information content (AvgIpc) is 3.00. The Balaban J connectivity index is 1.69. The van der Waals surface area contributed by atoms with E-state index in [0.717, 1.165) is 25.5 Å². The van der Waals surface area contributed by atoms with E-state index < -0.39 is 0 Å². The molecule has 5 nitrogen and oxygen atoms in total. The highest BCUT2D eigenvalue weighted by Crippen LogP contribution is 2.25. The summed E-state index contributed by atoms with van der Waals surface area (Å²) in [6.45, 7) is 4.40. The Morgan fingerprint density at radius 3 is 3.00 bits per heavy atom. The summed E-state index contributed by atoms with van der Waals surface area (Å²) in [5.41, 5.74) is 1.21. The third-order valence-electron chi connectivity index (χ3n) is 4.16. The van der Waals surface area contributed by atoms with Crippen molar-refractivity contribution < 1.29 is 4.79 Å². The number of carbonyl (C=O) groups excluding carboxylic acids is 1. The van der Waals surface area contributed by atoms with Crippen LogP contribution in [0, 0.1) is 6.92 Å². The maximum absolute atomic E-state index is 12.7. The van der Waals surface area contributed by atoms with Crippen molar-refractivity contribution in [3.63, 3.8) is 0 Å². The molecule has 2 aromatic rings. The summed E-state index contributed by atoms with van der Waals surface area (Å²) in [7, 11) is 1.97. The largest absolute Gasteiger partial charge is 0.336 e. The number of piperazine rings is 1. The first-order valence-electron chi connectivity index (χ1n) is 7.82. The molecule has 1 amide bonds. The van der Waals surface area contributed by atoms with Crippen LogP contribution in [0.5, 0.6) is 0 Å². The number of aryl methyl sites for hydroxylation is 2. The van der Waals surface area contributed by atoms with Crippen molar-refractivity contribution in [2.75, 3.05) is 25.4 Å². The molecular formula is C17H22N4OS. The van der Waals surface area contributed by atoms with Crippen LogP contribution in [-0.4, -0.2) is 45.7 Å². The summed E-state index contributed by atoms with van der Waals surface area (Å²) in [5, 5.41) is 3.36. The zero-order chi connectivity index (χ0) is 16.2. The van der Waals surface area contributed by atoms with E-state index in [9.17, 15) is 4.79 Å². The van der Waals surface area contributed by atoms with E-state index in [2.05, 4.69) is 29.4 Å². The molecule has 122 valence electrons. The Bertz CT molecular complexity index is 685. The molecule has 1 aromatic carbocycles. The second kappa shape index (κ2) is 7.19. The van der Waals surface area contributed by atoms with Crippen molar-refractivity contribution in [3.8, 4) is 0 Å². The van der Waals surface area contributed by atoms with Gasteiger partial charge in [-0.05, 0) is 18.6 Å². The molecule has 0 spiro atoms. The van der Waals surface area contributed by atoms with E-state index in [4.69, 9.17) is 0 Å². The van der Waals surface area contributed by atoms with E-state index in [1.807, 2.05) is 34.8 Å². The van der Waals surface area contributed by atoms with E-state index in [-0.39, 0.29) is 11.9 Å². The highest BCUT2D eigenvalue weighted by Gasteiger charge is 2.30. The van der Waals surface area contributed by atoms with Gasteiger partial charge in [0.2, 0.25) is 5.91 Å². The molecule has 6 heteroatoms. The molecule has 1 saturated heterocycles. The van der Waals surface area contributed by atoms with Crippen molar-refractivity contribution in [1.29, 1.82) is 0 Å². The van der Waals surface area contributed by atoms with Crippen molar-refractivity contribution in [1.82, 2.24) is 19.8 Å². The normalized spacial score (nSPS) is 18.2. The van der Waals surface area contributed by atoms with Gasteiger partial charge in [-0.3, -0.25) is 4.79 Å². The number of amides is 1. The van der Waals surface area contributed by atoms with Crippen LogP contribution in [0.25, 0.3) is 0 Å². The molecule has 1 aliphatic heterocycles. The van der Waals surface area contributed by atoms with Gasteiger partial charge in [-0.25, -0.2) is 4.98 Å². The number of imidazole rings is 1. The standard InChI is InChI=1S/C17H22N4OS/c1-13-5-3-4-6-15(13)23-12-16(22)21-10-7-18-11-14(21)17-19-8-9-20(17)2/h3-6,8-9,14,18H,7,10-12H2,1-2H3. The first kappa shape index (κ1) is 16.1. The molecule has 1 unspecified atom stereocenters. The van der Waals surface area contributed by atoms with Gasteiger partial charge in [-0.15, -0.1) is 11.8 Å². The predicted octanol–water partition coefficient (Wildman–Crippen LogP) is 1.99. The monoisotopic (exact) mass is 330 g/mol. The Kier molecular flexibility index (Phi) is 5.03. The average molecular weight is 330 g/mol. The molecule has 2 heterocycles. The third-order valence-corrected chi connectivity index (χ3v) is 5.33. The van der Waals surface area contributed by atoms with Crippen molar-refractivity contribution in [3.05, 3.63) is 48.0 Å². The lowest BCUT2D eigenvalue weighted by Crippen LogP contribution is -2.50. The van der Waals surface area contributed by atoms with Crippen molar-refractivity contribution >= 4 is 17.7 Å². The zero-order valence-electron chi connectivity index (χ0n) is 13.5. The number of nitrogens with zero attached hydrogens (tertiary/aromatic N) is 3. The first-order chi connectivity index (χ1) is 11.2. The Labute approximate surface area is 141 Å². The van der Waals surface area contributed by atoms with Gasteiger partial charge in [0.15, 0.2) is 0 Å². The molecule has 1 aliphatic rings. The maximum atomic E-state index is 12.7. The summed E-state index contributed by atoms with van der Waals surface area (Å²) in [6, 6.07) is 8.19. The Morgan fingerprint density at radius 1 is 1.43 bits per heavy atom. The lowest BCUT2D eigenvalue weighted by Gasteiger charge is -2.35. The molecule has 23 heavy (non-hydrogen) atoms. The molecule has 0 aliphatic carbocycles. The van der Waals surface area contributed by atoms with Gasteiger partial charge in [0, 0.05) is 44.0 Å². The second-order valence-corrected chi connectivity index (χ2v) is 6.77. The highest BCUT2D eigenvalue weighted by atomic mass is 32.2. The molecule has 1 atom stereocenters. The van der Waals surface area contributed by atoms with E-state index >= 15 is 0 Å². The summed E-state index contributed by atoms with van der Waals surface area (Å²) in [4.78, 5) is 20.3. The smallest absolute Gasteiger partial charge is 0.233 e. The maximum Gasteiger partial charge on any atom is 0.233 e. The minimum absolute atomic E-state index is 0.00807. The molecule has 0 saturated carbocycles. The summed E-state index contributed by atoms with van der Waals surface area (Å²) in [5.74, 6) is 1.57. The van der Waals surface area contributed by atoms with Gasteiger partial charge in [0.05, 0.1) is 5.75 Å². The number of rotatable bonds is 4. The van der Waals surface area contributed by atoms with Crippen LogP contribution in [0.2, 0.25) is 0 Å². The number of hydrogen-bond donors (Lipinski definition) is 1. The lowest BCUT2D eigenvalue weighted by molar-refractivity contribution is -0.131. The van der Waals surface area contributed by atoms with Gasteiger partial charge in [-0.1, -0.05) is 18.2 Å². The van der Waals surface area contributed by atoms with Gasteiger partial charge >= 0.3 is 0 Å². The highest BCUT2D eigenvalue weighted by molar-refractivity contribution is 8.00. The Hall–Kier alpha value is -1.79. The molecule has 1 fully saturated rings. The van der Waals surface area contributed by atoms with Crippen LogP contribution in [0.3, 0.4) is 0 Å². The van der Waals surface area contributed by atoms with E-state index in [1.165, 1.54) is 10.5 Å². The van der Waals surface area contributed by atoms with Crippen LogP contribution < -0.4 is 5.32 Å². The van der Waals surface area contributed by atoms with Crippen LogP contribution >= 0.6 is 11.8 Å². The fraction of sp³-hybridized carbons (Fsp3) is 0.412. The summed E-state index contributed by atoms with van der Waals surface area (Å²) >= 11 is 1.61. The zero-order valence-corrected chi connectivity index (χ0v) is 14.3.